The van der Waals surface area contributed by atoms with E-state index in [9.17, 15) is 5.26 Å². The van der Waals surface area contributed by atoms with Crippen LogP contribution in [0.2, 0.25) is 0 Å². The fraction of sp³-hybridized carbons (Fsp3) is 0.933. The maximum absolute atomic E-state index is 9.39. The van der Waals surface area contributed by atoms with Gasteiger partial charge in [-0.15, -0.1) is 0 Å². The van der Waals surface area contributed by atoms with Crippen LogP contribution in [0.5, 0.6) is 0 Å². The van der Waals surface area contributed by atoms with Crippen LogP contribution < -0.4 is 5.32 Å². The van der Waals surface area contributed by atoms with E-state index in [0.717, 1.165) is 32.5 Å². The molecule has 1 N–H and O–H groups in total. The van der Waals surface area contributed by atoms with E-state index >= 15 is 0 Å². The van der Waals surface area contributed by atoms with Crippen molar-refractivity contribution in [2.75, 3.05) is 19.6 Å². The second-order valence-electron chi connectivity index (χ2n) is 5.77. The van der Waals surface area contributed by atoms with E-state index in [0.29, 0.717) is 12.0 Å². The number of nitrogens with zero attached hydrogens (tertiary/aromatic N) is 2. The van der Waals surface area contributed by atoms with Gasteiger partial charge in [0.2, 0.25) is 0 Å². The van der Waals surface area contributed by atoms with E-state index in [4.69, 9.17) is 0 Å². The van der Waals surface area contributed by atoms with E-state index in [-0.39, 0.29) is 0 Å². The molecule has 3 nitrogen and oxygen atoms in total. The third-order valence-corrected chi connectivity index (χ3v) is 3.39. The van der Waals surface area contributed by atoms with Crippen molar-refractivity contribution in [1.29, 1.82) is 5.26 Å². The molecule has 106 valence electrons. The van der Waals surface area contributed by atoms with E-state index in [2.05, 4.69) is 50.9 Å². The zero-order valence-electron chi connectivity index (χ0n) is 13.1. The molecule has 3 heteroatoms. The number of nitriles is 1. The summed E-state index contributed by atoms with van der Waals surface area (Å²) >= 11 is 0. The first-order valence-corrected chi connectivity index (χ1v) is 7.32. The predicted octanol–water partition coefficient (Wildman–Crippen LogP) is 3.02. The lowest BCUT2D eigenvalue weighted by molar-refractivity contribution is 0.136. The summed E-state index contributed by atoms with van der Waals surface area (Å²) in [5.74, 6) is 0.634. The summed E-state index contributed by atoms with van der Waals surface area (Å²) in [5, 5.41) is 12.7. The van der Waals surface area contributed by atoms with Crippen LogP contribution in [0.25, 0.3) is 0 Å². The van der Waals surface area contributed by atoms with Gasteiger partial charge in [-0.1, -0.05) is 34.6 Å². The van der Waals surface area contributed by atoms with Gasteiger partial charge in [0.1, 0.15) is 5.54 Å². The average molecular weight is 253 g/mol. The molecule has 0 saturated carbocycles. The SMILES string of the molecule is CCNC(C)(C#N)CN(CC(C)C)C(CC)CC. The first-order valence-electron chi connectivity index (χ1n) is 7.32. The summed E-state index contributed by atoms with van der Waals surface area (Å²) in [6, 6.07) is 3.02. The summed E-state index contributed by atoms with van der Waals surface area (Å²) in [6.07, 6.45) is 2.30. The van der Waals surface area contributed by atoms with Gasteiger partial charge in [-0.25, -0.2) is 0 Å². The van der Waals surface area contributed by atoms with Crippen molar-refractivity contribution in [2.24, 2.45) is 5.92 Å². The molecule has 0 spiro atoms. The topological polar surface area (TPSA) is 39.1 Å². The Morgan fingerprint density at radius 2 is 1.78 bits per heavy atom. The highest BCUT2D eigenvalue weighted by Gasteiger charge is 2.28. The van der Waals surface area contributed by atoms with Crippen LogP contribution in [0.4, 0.5) is 0 Å². The molecule has 0 aliphatic carbocycles. The molecule has 0 bridgehead atoms. The van der Waals surface area contributed by atoms with Gasteiger partial charge in [0.15, 0.2) is 0 Å². The van der Waals surface area contributed by atoms with E-state index in [1.54, 1.807) is 0 Å². The molecule has 0 fully saturated rings. The Morgan fingerprint density at radius 3 is 2.11 bits per heavy atom. The molecule has 0 aromatic heterocycles. The Hall–Kier alpha value is -0.590. The second-order valence-corrected chi connectivity index (χ2v) is 5.77. The monoisotopic (exact) mass is 253 g/mol. The smallest absolute Gasteiger partial charge is 0.116 e. The summed E-state index contributed by atoms with van der Waals surface area (Å²) in [4.78, 5) is 2.48. The van der Waals surface area contributed by atoms with Gasteiger partial charge in [-0.05, 0) is 32.2 Å². The van der Waals surface area contributed by atoms with Crippen molar-refractivity contribution in [3.05, 3.63) is 0 Å². The van der Waals surface area contributed by atoms with Crippen LogP contribution in [0.3, 0.4) is 0 Å². The van der Waals surface area contributed by atoms with Gasteiger partial charge < -0.3 is 0 Å². The fourth-order valence-electron chi connectivity index (χ4n) is 2.54. The van der Waals surface area contributed by atoms with Crippen molar-refractivity contribution >= 4 is 0 Å². The summed E-state index contributed by atoms with van der Waals surface area (Å²) in [5.41, 5.74) is -0.438. The normalized spacial score (nSPS) is 15.1. The minimum Gasteiger partial charge on any atom is -0.299 e. The molecule has 0 amide bonds. The molecule has 1 atom stereocenters. The maximum atomic E-state index is 9.39. The Labute approximate surface area is 114 Å². The minimum atomic E-state index is -0.438. The molecule has 0 radical (unpaired) electrons. The fourth-order valence-corrected chi connectivity index (χ4v) is 2.54. The van der Waals surface area contributed by atoms with Gasteiger partial charge in [0.05, 0.1) is 6.07 Å². The van der Waals surface area contributed by atoms with Crippen LogP contribution in [-0.2, 0) is 0 Å². The van der Waals surface area contributed by atoms with Crippen molar-refractivity contribution in [3.63, 3.8) is 0 Å². The Bertz CT molecular complexity index is 253. The zero-order chi connectivity index (χ0) is 14.2. The predicted molar refractivity (Wildman–Crippen MR) is 78.5 cm³/mol. The van der Waals surface area contributed by atoms with Gasteiger partial charge in [0.25, 0.3) is 0 Å². The largest absolute Gasteiger partial charge is 0.299 e. The highest BCUT2D eigenvalue weighted by Crippen LogP contribution is 2.15. The highest BCUT2D eigenvalue weighted by atomic mass is 15.2. The lowest BCUT2D eigenvalue weighted by atomic mass is 9.99. The van der Waals surface area contributed by atoms with Crippen molar-refractivity contribution in [1.82, 2.24) is 10.2 Å². The zero-order valence-corrected chi connectivity index (χ0v) is 13.1. The van der Waals surface area contributed by atoms with Gasteiger partial charge in [-0.2, -0.15) is 5.26 Å². The first-order chi connectivity index (χ1) is 8.42. The van der Waals surface area contributed by atoms with Crippen LogP contribution in [-0.4, -0.2) is 36.1 Å². The molecular formula is C15H31N3. The van der Waals surface area contributed by atoms with Crippen LogP contribution in [0.1, 0.15) is 54.4 Å². The molecular weight excluding hydrogens is 222 g/mol. The summed E-state index contributed by atoms with van der Waals surface area (Å²) in [6.45, 7) is 15.7. The molecule has 18 heavy (non-hydrogen) atoms. The van der Waals surface area contributed by atoms with Crippen LogP contribution >= 0.6 is 0 Å². The van der Waals surface area contributed by atoms with E-state index < -0.39 is 5.54 Å². The molecule has 0 saturated heterocycles. The van der Waals surface area contributed by atoms with Crippen LogP contribution in [0, 0.1) is 17.2 Å². The van der Waals surface area contributed by atoms with Gasteiger partial charge >= 0.3 is 0 Å². The number of nitrogens with one attached hydrogen (secondary N) is 1. The molecule has 0 aromatic rings. The molecule has 0 aromatic carbocycles. The van der Waals surface area contributed by atoms with Crippen molar-refractivity contribution in [3.8, 4) is 6.07 Å². The number of hydrogen-bond donors (Lipinski definition) is 1. The third-order valence-electron chi connectivity index (χ3n) is 3.39. The van der Waals surface area contributed by atoms with Gasteiger partial charge in [-0.3, -0.25) is 10.2 Å². The molecule has 0 aliphatic rings. The number of likely N-dealkylation sites (N-methyl/N-ethyl adjacent to an activating group) is 1. The third kappa shape index (κ3) is 5.84. The molecule has 0 aliphatic heterocycles. The van der Waals surface area contributed by atoms with Crippen molar-refractivity contribution in [2.45, 2.75) is 66.0 Å². The Kier molecular flexibility index (Phi) is 8.22. The summed E-state index contributed by atoms with van der Waals surface area (Å²) < 4.78 is 0. The molecule has 1 unspecified atom stereocenters. The molecule has 0 heterocycles. The lowest BCUT2D eigenvalue weighted by Crippen LogP contribution is -2.53. The molecule has 0 rings (SSSR count). The quantitative estimate of drug-likeness (QED) is 0.686. The Balaban J connectivity index is 4.81. The van der Waals surface area contributed by atoms with Crippen LogP contribution in [0.15, 0.2) is 0 Å². The number of hydrogen-bond acceptors (Lipinski definition) is 3. The minimum absolute atomic E-state index is 0.438. The first kappa shape index (κ1) is 17.4. The standard InChI is InChI=1S/C15H31N3/c1-7-14(8-2)18(10-13(4)5)12-15(6,11-16)17-9-3/h13-14,17H,7-10,12H2,1-6H3. The number of rotatable bonds is 9. The highest BCUT2D eigenvalue weighted by molar-refractivity contribution is 5.06. The lowest BCUT2D eigenvalue weighted by Gasteiger charge is -2.37. The van der Waals surface area contributed by atoms with Crippen molar-refractivity contribution < 1.29 is 0 Å². The van der Waals surface area contributed by atoms with E-state index in [1.807, 2.05) is 6.92 Å². The summed E-state index contributed by atoms with van der Waals surface area (Å²) in [7, 11) is 0. The maximum Gasteiger partial charge on any atom is 0.116 e. The average Bonchev–Trinajstić information content (AvgIpc) is 2.30. The second kappa shape index (κ2) is 8.50. The van der Waals surface area contributed by atoms with Gasteiger partial charge in [0, 0.05) is 19.1 Å². The Morgan fingerprint density at radius 1 is 1.22 bits per heavy atom. The van der Waals surface area contributed by atoms with E-state index in [1.165, 1.54) is 0 Å².